The van der Waals surface area contributed by atoms with Crippen LogP contribution in [0.25, 0.3) is 0 Å². The first-order valence-corrected chi connectivity index (χ1v) is 6.82. The van der Waals surface area contributed by atoms with Crippen molar-refractivity contribution in [3.63, 3.8) is 0 Å². The quantitative estimate of drug-likeness (QED) is 0.802. The summed E-state index contributed by atoms with van der Waals surface area (Å²) in [4.78, 5) is 0. The summed E-state index contributed by atoms with van der Waals surface area (Å²) in [5, 5.41) is 32.2. The number of nitriles is 1. The lowest BCUT2D eigenvalue weighted by atomic mass is 9.90. The molecule has 0 aromatic heterocycles. The molecule has 2 aromatic carbocycles. The Bertz CT molecular complexity index is 672. The summed E-state index contributed by atoms with van der Waals surface area (Å²) in [6, 6.07) is 12.1. The van der Waals surface area contributed by atoms with Crippen LogP contribution >= 0.6 is 0 Å². The van der Waals surface area contributed by atoms with Gasteiger partial charge in [-0.05, 0) is 43.2 Å². The first-order valence-electron chi connectivity index (χ1n) is 6.82. The Morgan fingerprint density at radius 1 is 1.19 bits per heavy atom. The highest BCUT2D eigenvalue weighted by Gasteiger charge is 2.18. The number of hydrogen-bond acceptors (Lipinski definition) is 4. The Balaban J connectivity index is 2.46. The van der Waals surface area contributed by atoms with Crippen molar-refractivity contribution in [1.82, 2.24) is 0 Å². The lowest BCUT2D eigenvalue weighted by Crippen LogP contribution is -2.03. The topological polar surface area (TPSA) is 76.3 Å². The van der Waals surface area contributed by atoms with Crippen LogP contribution in [0.4, 0.5) is 5.69 Å². The zero-order valence-corrected chi connectivity index (χ0v) is 12.1. The summed E-state index contributed by atoms with van der Waals surface area (Å²) >= 11 is 0. The first-order chi connectivity index (χ1) is 10.1. The van der Waals surface area contributed by atoms with Crippen molar-refractivity contribution in [2.45, 2.75) is 19.8 Å². The molecule has 0 aliphatic rings. The number of nitrogens with zero attached hydrogens (tertiary/aromatic N) is 1. The van der Waals surface area contributed by atoms with Gasteiger partial charge in [-0.25, -0.2) is 0 Å². The molecule has 0 spiro atoms. The predicted molar refractivity (Wildman–Crippen MR) is 82.6 cm³/mol. The van der Waals surface area contributed by atoms with Gasteiger partial charge in [-0.3, -0.25) is 0 Å². The van der Waals surface area contributed by atoms with Crippen LogP contribution in [-0.2, 0) is 0 Å². The number of benzene rings is 2. The molecule has 4 nitrogen and oxygen atoms in total. The van der Waals surface area contributed by atoms with E-state index in [4.69, 9.17) is 0 Å². The van der Waals surface area contributed by atoms with E-state index in [1.165, 1.54) is 12.1 Å². The van der Waals surface area contributed by atoms with Crippen LogP contribution in [0.5, 0.6) is 11.5 Å². The Kier molecular flexibility index (Phi) is 4.34. The highest BCUT2D eigenvalue weighted by atomic mass is 16.3. The fourth-order valence-corrected chi connectivity index (χ4v) is 2.32. The molecule has 1 atom stereocenters. The molecule has 2 rings (SSSR count). The molecule has 4 heteroatoms. The van der Waals surface area contributed by atoms with Crippen LogP contribution in [0.1, 0.15) is 29.5 Å². The van der Waals surface area contributed by atoms with Crippen LogP contribution in [-0.4, -0.2) is 16.8 Å². The van der Waals surface area contributed by atoms with E-state index in [9.17, 15) is 15.5 Å². The van der Waals surface area contributed by atoms with Crippen molar-refractivity contribution in [2.24, 2.45) is 0 Å². The van der Waals surface area contributed by atoms with E-state index in [2.05, 4.69) is 11.4 Å². The molecular formula is C17H18N2O2. The average Bonchev–Trinajstić information content (AvgIpc) is 2.47. The SMILES string of the molecule is CCNc1cc(O)c(C(C#N)c2ccc(O)cc2)cc1C. The summed E-state index contributed by atoms with van der Waals surface area (Å²) in [7, 11) is 0. The Morgan fingerprint density at radius 2 is 1.86 bits per heavy atom. The molecular weight excluding hydrogens is 264 g/mol. The molecule has 21 heavy (non-hydrogen) atoms. The summed E-state index contributed by atoms with van der Waals surface area (Å²) in [6.45, 7) is 4.68. The predicted octanol–water partition coefficient (Wildman–Crippen LogP) is 3.49. The van der Waals surface area contributed by atoms with E-state index in [-0.39, 0.29) is 11.5 Å². The third-order valence-electron chi connectivity index (χ3n) is 3.41. The molecule has 1 unspecified atom stereocenters. The number of phenols is 2. The van der Waals surface area contributed by atoms with Gasteiger partial charge in [-0.15, -0.1) is 0 Å². The monoisotopic (exact) mass is 282 g/mol. The molecule has 2 aromatic rings. The molecule has 0 fully saturated rings. The maximum Gasteiger partial charge on any atom is 0.122 e. The standard InChI is InChI=1S/C17H18N2O2/c1-3-19-16-9-17(21)14(8-11(16)2)15(10-18)12-4-6-13(20)7-5-12/h4-9,15,19-21H,3H2,1-2H3. The van der Waals surface area contributed by atoms with E-state index in [0.29, 0.717) is 5.56 Å². The summed E-state index contributed by atoms with van der Waals surface area (Å²) < 4.78 is 0. The second-order valence-corrected chi connectivity index (χ2v) is 4.91. The maximum atomic E-state index is 10.2. The molecule has 0 aliphatic carbocycles. The van der Waals surface area contributed by atoms with E-state index in [1.54, 1.807) is 18.2 Å². The zero-order valence-electron chi connectivity index (χ0n) is 12.1. The van der Waals surface area contributed by atoms with Gasteiger partial charge < -0.3 is 15.5 Å². The maximum absolute atomic E-state index is 10.2. The largest absolute Gasteiger partial charge is 0.508 e. The van der Waals surface area contributed by atoms with Gasteiger partial charge in [0.05, 0.1) is 12.0 Å². The number of phenolic OH excluding ortho intramolecular Hbond substituents is 2. The lowest BCUT2D eigenvalue weighted by Gasteiger charge is -2.16. The van der Waals surface area contributed by atoms with Crippen LogP contribution in [0.3, 0.4) is 0 Å². The fraction of sp³-hybridized carbons (Fsp3) is 0.235. The van der Waals surface area contributed by atoms with Gasteiger partial charge in [0.25, 0.3) is 0 Å². The van der Waals surface area contributed by atoms with Crippen molar-refractivity contribution >= 4 is 5.69 Å². The second kappa shape index (κ2) is 6.19. The van der Waals surface area contributed by atoms with Gasteiger partial charge in [-0.2, -0.15) is 5.26 Å². The summed E-state index contributed by atoms with van der Waals surface area (Å²) in [5.74, 6) is -0.325. The Morgan fingerprint density at radius 3 is 2.43 bits per heavy atom. The van der Waals surface area contributed by atoms with Crippen molar-refractivity contribution in [3.05, 3.63) is 53.1 Å². The minimum Gasteiger partial charge on any atom is -0.508 e. The van der Waals surface area contributed by atoms with Gasteiger partial charge in [-0.1, -0.05) is 12.1 Å². The van der Waals surface area contributed by atoms with Crippen LogP contribution in [0, 0.1) is 18.3 Å². The van der Waals surface area contributed by atoms with Gasteiger partial charge in [0, 0.05) is 23.9 Å². The smallest absolute Gasteiger partial charge is 0.122 e. The number of hydrogen-bond donors (Lipinski definition) is 3. The molecule has 0 radical (unpaired) electrons. The molecule has 108 valence electrons. The number of nitrogens with one attached hydrogen (secondary N) is 1. The van der Waals surface area contributed by atoms with Crippen molar-refractivity contribution in [1.29, 1.82) is 5.26 Å². The van der Waals surface area contributed by atoms with E-state index in [1.807, 2.05) is 19.9 Å². The molecule has 0 aliphatic heterocycles. The van der Waals surface area contributed by atoms with E-state index >= 15 is 0 Å². The first kappa shape index (κ1) is 14.7. The van der Waals surface area contributed by atoms with Crippen molar-refractivity contribution < 1.29 is 10.2 Å². The van der Waals surface area contributed by atoms with Crippen LogP contribution in [0.15, 0.2) is 36.4 Å². The average molecular weight is 282 g/mol. The van der Waals surface area contributed by atoms with E-state index < -0.39 is 5.92 Å². The molecule has 0 saturated carbocycles. The Labute approximate surface area is 124 Å². The minimum atomic E-state index is -0.569. The van der Waals surface area contributed by atoms with Gasteiger partial charge >= 0.3 is 0 Å². The van der Waals surface area contributed by atoms with Crippen molar-refractivity contribution in [2.75, 3.05) is 11.9 Å². The molecule has 0 saturated heterocycles. The number of anilines is 1. The second-order valence-electron chi connectivity index (χ2n) is 4.91. The highest BCUT2D eigenvalue weighted by Crippen LogP contribution is 2.35. The van der Waals surface area contributed by atoms with Gasteiger partial charge in [0.15, 0.2) is 0 Å². The highest BCUT2D eigenvalue weighted by molar-refractivity contribution is 5.60. The molecule has 0 amide bonds. The summed E-state index contributed by atoms with van der Waals surface area (Å²) in [6.07, 6.45) is 0. The molecule has 0 bridgehead atoms. The fourth-order valence-electron chi connectivity index (χ4n) is 2.32. The molecule has 3 N–H and O–H groups in total. The third-order valence-corrected chi connectivity index (χ3v) is 3.41. The summed E-state index contributed by atoms with van der Waals surface area (Å²) in [5.41, 5.74) is 3.15. The van der Waals surface area contributed by atoms with Crippen LogP contribution in [0.2, 0.25) is 0 Å². The van der Waals surface area contributed by atoms with Crippen LogP contribution < -0.4 is 5.32 Å². The number of aryl methyl sites for hydroxylation is 1. The van der Waals surface area contributed by atoms with Gasteiger partial charge in [0.2, 0.25) is 0 Å². The van der Waals surface area contributed by atoms with Gasteiger partial charge in [0.1, 0.15) is 11.5 Å². The third kappa shape index (κ3) is 3.09. The van der Waals surface area contributed by atoms with E-state index in [0.717, 1.165) is 23.4 Å². The number of rotatable bonds is 4. The van der Waals surface area contributed by atoms with Crippen molar-refractivity contribution in [3.8, 4) is 17.6 Å². The molecule has 0 heterocycles. The normalized spacial score (nSPS) is 11.7. The Hall–Kier alpha value is -2.67. The number of aromatic hydroxyl groups is 2. The zero-order chi connectivity index (χ0) is 15.4. The minimum absolute atomic E-state index is 0.0937. The lowest BCUT2D eigenvalue weighted by molar-refractivity contribution is 0.468.